The molecule has 1 heterocycles. The minimum Gasteiger partial charge on any atom is -0.312 e. The summed E-state index contributed by atoms with van der Waals surface area (Å²) in [5.41, 5.74) is 3.08. The van der Waals surface area contributed by atoms with E-state index in [1.54, 1.807) is 11.1 Å². The van der Waals surface area contributed by atoms with Gasteiger partial charge in [-0.15, -0.1) is 0 Å². The number of fused-ring (bicyclic) bond motifs is 1. The van der Waals surface area contributed by atoms with Crippen LogP contribution in [0, 0.1) is 5.92 Å². The Bertz CT molecular complexity index is 416. The number of nitrogens with one attached hydrogen (secondary N) is 1. The van der Waals surface area contributed by atoms with E-state index in [2.05, 4.69) is 48.3 Å². The van der Waals surface area contributed by atoms with Crippen LogP contribution < -0.4 is 5.32 Å². The van der Waals surface area contributed by atoms with Crippen molar-refractivity contribution in [2.24, 2.45) is 5.92 Å². The molecule has 3 rings (SSSR count). The standard InChI is InChI=1S/C18H28N2/c1-3-10-19-17-9-8-14(2)11-18(17)20-12-15-6-4-5-7-16(15)13-20/h4-7,14,17-19H,3,8-13H2,1-2H3. The van der Waals surface area contributed by atoms with Crippen LogP contribution in [0.25, 0.3) is 0 Å². The topological polar surface area (TPSA) is 15.3 Å². The van der Waals surface area contributed by atoms with Crippen molar-refractivity contribution in [3.8, 4) is 0 Å². The van der Waals surface area contributed by atoms with Gasteiger partial charge in [0.2, 0.25) is 0 Å². The van der Waals surface area contributed by atoms with Crippen molar-refractivity contribution in [3.05, 3.63) is 35.4 Å². The minimum absolute atomic E-state index is 0.695. The lowest BCUT2D eigenvalue weighted by Crippen LogP contribution is -2.51. The van der Waals surface area contributed by atoms with Gasteiger partial charge in [-0.3, -0.25) is 4.90 Å². The summed E-state index contributed by atoms with van der Waals surface area (Å²) in [7, 11) is 0. The molecule has 1 N–H and O–H groups in total. The largest absolute Gasteiger partial charge is 0.312 e. The number of hydrogen-bond acceptors (Lipinski definition) is 2. The van der Waals surface area contributed by atoms with E-state index < -0.39 is 0 Å². The zero-order valence-electron chi connectivity index (χ0n) is 12.9. The van der Waals surface area contributed by atoms with Gasteiger partial charge in [-0.1, -0.05) is 38.1 Å². The molecule has 2 heteroatoms. The fourth-order valence-corrected chi connectivity index (χ4v) is 3.92. The first-order valence-corrected chi connectivity index (χ1v) is 8.32. The van der Waals surface area contributed by atoms with Gasteiger partial charge in [0, 0.05) is 25.2 Å². The lowest BCUT2D eigenvalue weighted by molar-refractivity contribution is 0.0991. The second-order valence-electron chi connectivity index (χ2n) is 6.72. The highest BCUT2D eigenvalue weighted by atomic mass is 15.2. The van der Waals surface area contributed by atoms with Crippen molar-refractivity contribution in [3.63, 3.8) is 0 Å². The van der Waals surface area contributed by atoms with Crippen LogP contribution in [-0.4, -0.2) is 23.5 Å². The second-order valence-corrected chi connectivity index (χ2v) is 6.72. The average Bonchev–Trinajstić information content (AvgIpc) is 2.89. The number of nitrogens with zero attached hydrogens (tertiary/aromatic N) is 1. The molecule has 2 aliphatic rings. The maximum absolute atomic E-state index is 3.80. The van der Waals surface area contributed by atoms with E-state index in [0.29, 0.717) is 6.04 Å². The molecule has 110 valence electrons. The molecule has 0 bridgehead atoms. The highest BCUT2D eigenvalue weighted by molar-refractivity contribution is 5.30. The van der Waals surface area contributed by atoms with Crippen LogP contribution in [0.2, 0.25) is 0 Å². The summed E-state index contributed by atoms with van der Waals surface area (Å²) in [6.07, 6.45) is 5.33. The molecule has 1 fully saturated rings. The summed E-state index contributed by atoms with van der Waals surface area (Å²) in [5, 5.41) is 3.80. The monoisotopic (exact) mass is 272 g/mol. The summed E-state index contributed by atoms with van der Waals surface area (Å²) in [6, 6.07) is 10.4. The van der Waals surface area contributed by atoms with Crippen LogP contribution in [0.4, 0.5) is 0 Å². The summed E-state index contributed by atoms with van der Waals surface area (Å²) in [5.74, 6) is 0.878. The molecule has 1 aromatic carbocycles. The summed E-state index contributed by atoms with van der Waals surface area (Å²) in [6.45, 7) is 8.15. The molecule has 1 aliphatic heterocycles. The zero-order chi connectivity index (χ0) is 13.9. The third kappa shape index (κ3) is 2.91. The Labute approximate surface area is 123 Å². The maximum Gasteiger partial charge on any atom is 0.0258 e. The first kappa shape index (κ1) is 14.1. The van der Waals surface area contributed by atoms with Crippen LogP contribution >= 0.6 is 0 Å². The molecule has 1 aromatic rings. The number of hydrogen-bond donors (Lipinski definition) is 1. The van der Waals surface area contributed by atoms with Gasteiger partial charge in [0.25, 0.3) is 0 Å². The van der Waals surface area contributed by atoms with Crippen LogP contribution in [0.15, 0.2) is 24.3 Å². The van der Waals surface area contributed by atoms with Gasteiger partial charge < -0.3 is 5.32 Å². The molecule has 3 unspecified atom stereocenters. The van der Waals surface area contributed by atoms with Gasteiger partial charge in [-0.05, 0) is 49.3 Å². The third-order valence-corrected chi connectivity index (χ3v) is 5.07. The zero-order valence-corrected chi connectivity index (χ0v) is 12.9. The van der Waals surface area contributed by atoms with Crippen LogP contribution in [0.3, 0.4) is 0 Å². The first-order chi connectivity index (χ1) is 9.78. The van der Waals surface area contributed by atoms with E-state index in [1.165, 1.54) is 25.7 Å². The summed E-state index contributed by atoms with van der Waals surface area (Å²) in [4.78, 5) is 2.72. The molecule has 20 heavy (non-hydrogen) atoms. The molecule has 3 atom stereocenters. The second kappa shape index (κ2) is 6.28. The summed E-state index contributed by atoms with van der Waals surface area (Å²) >= 11 is 0. The van der Waals surface area contributed by atoms with Gasteiger partial charge in [-0.25, -0.2) is 0 Å². The molecule has 1 saturated carbocycles. The van der Waals surface area contributed by atoms with Gasteiger partial charge in [-0.2, -0.15) is 0 Å². The quantitative estimate of drug-likeness (QED) is 0.901. The van der Waals surface area contributed by atoms with Gasteiger partial charge in [0.15, 0.2) is 0 Å². The Kier molecular flexibility index (Phi) is 4.42. The van der Waals surface area contributed by atoms with Crippen molar-refractivity contribution < 1.29 is 0 Å². The fraction of sp³-hybridized carbons (Fsp3) is 0.667. The molecule has 0 radical (unpaired) electrons. The Balaban J connectivity index is 1.70. The smallest absolute Gasteiger partial charge is 0.0258 e. The summed E-state index contributed by atoms with van der Waals surface area (Å²) < 4.78 is 0. The van der Waals surface area contributed by atoms with Crippen molar-refractivity contribution in [2.75, 3.05) is 6.54 Å². The van der Waals surface area contributed by atoms with Gasteiger partial charge in [0.1, 0.15) is 0 Å². The van der Waals surface area contributed by atoms with Crippen LogP contribution in [-0.2, 0) is 13.1 Å². The molecular formula is C18H28N2. The highest BCUT2D eigenvalue weighted by Gasteiger charge is 2.34. The van der Waals surface area contributed by atoms with Gasteiger partial charge >= 0.3 is 0 Å². The van der Waals surface area contributed by atoms with E-state index in [-0.39, 0.29) is 0 Å². The highest BCUT2D eigenvalue weighted by Crippen LogP contribution is 2.33. The Morgan fingerprint density at radius 2 is 1.85 bits per heavy atom. The molecular weight excluding hydrogens is 244 g/mol. The molecule has 0 spiro atoms. The molecule has 0 aromatic heterocycles. The average molecular weight is 272 g/mol. The third-order valence-electron chi connectivity index (χ3n) is 5.07. The maximum atomic E-state index is 3.80. The van der Waals surface area contributed by atoms with E-state index in [0.717, 1.165) is 31.6 Å². The van der Waals surface area contributed by atoms with E-state index in [9.17, 15) is 0 Å². The molecule has 0 saturated heterocycles. The van der Waals surface area contributed by atoms with Gasteiger partial charge in [0.05, 0.1) is 0 Å². The van der Waals surface area contributed by atoms with E-state index >= 15 is 0 Å². The van der Waals surface area contributed by atoms with Crippen LogP contribution in [0.5, 0.6) is 0 Å². The Morgan fingerprint density at radius 1 is 1.15 bits per heavy atom. The normalized spacial score (nSPS) is 30.4. The van der Waals surface area contributed by atoms with Crippen LogP contribution in [0.1, 0.15) is 50.7 Å². The number of benzene rings is 1. The van der Waals surface area contributed by atoms with Crippen molar-refractivity contribution in [1.29, 1.82) is 0 Å². The molecule has 0 amide bonds. The van der Waals surface area contributed by atoms with E-state index in [1.807, 2.05) is 0 Å². The predicted molar refractivity (Wildman–Crippen MR) is 84.6 cm³/mol. The van der Waals surface area contributed by atoms with Crippen molar-refractivity contribution >= 4 is 0 Å². The van der Waals surface area contributed by atoms with Crippen molar-refractivity contribution in [2.45, 2.75) is 64.7 Å². The molecule has 2 nitrogen and oxygen atoms in total. The fourth-order valence-electron chi connectivity index (χ4n) is 3.92. The lowest BCUT2D eigenvalue weighted by atomic mass is 9.82. The predicted octanol–water partition coefficient (Wildman–Crippen LogP) is 3.56. The Morgan fingerprint density at radius 3 is 2.50 bits per heavy atom. The lowest BCUT2D eigenvalue weighted by Gasteiger charge is -2.41. The molecule has 1 aliphatic carbocycles. The number of rotatable bonds is 4. The van der Waals surface area contributed by atoms with E-state index in [4.69, 9.17) is 0 Å². The SMILES string of the molecule is CCCNC1CCC(C)CC1N1Cc2ccccc2C1. The minimum atomic E-state index is 0.695. The van der Waals surface area contributed by atoms with Crippen molar-refractivity contribution in [1.82, 2.24) is 10.2 Å². The Hall–Kier alpha value is -0.860. The first-order valence-electron chi connectivity index (χ1n) is 8.32.